The van der Waals surface area contributed by atoms with Crippen molar-refractivity contribution in [3.8, 4) is 5.75 Å². The fraction of sp³-hybridized carbons (Fsp3) is 0.500. The minimum atomic E-state index is -0.642. The number of aryl methyl sites for hydroxylation is 1. The number of nitrogens with zero attached hydrogens (tertiary/aromatic N) is 3. The summed E-state index contributed by atoms with van der Waals surface area (Å²) in [4.78, 5) is 11.0. The molecule has 1 atom stereocenters. The second-order valence-corrected chi connectivity index (χ2v) is 6.45. The maximum atomic E-state index is 11.0. The highest BCUT2D eigenvalue weighted by molar-refractivity contribution is 5.75. The molecule has 0 bridgehead atoms. The first-order valence-electron chi connectivity index (χ1n) is 8.39. The van der Waals surface area contributed by atoms with E-state index in [1.54, 1.807) is 11.6 Å². The molecule has 2 aromatic rings. The molecule has 6 heteroatoms. The molecule has 0 saturated heterocycles. The topological polar surface area (TPSA) is 77.2 Å². The van der Waals surface area contributed by atoms with E-state index in [0.717, 1.165) is 17.7 Å². The van der Waals surface area contributed by atoms with Gasteiger partial charge in [-0.15, -0.1) is 5.10 Å². The van der Waals surface area contributed by atoms with Crippen LogP contribution in [0.2, 0.25) is 0 Å². The van der Waals surface area contributed by atoms with Crippen molar-refractivity contribution in [3.63, 3.8) is 0 Å². The van der Waals surface area contributed by atoms with Gasteiger partial charge in [-0.25, -0.2) is 4.68 Å². The Hall–Kier alpha value is -2.21. The van der Waals surface area contributed by atoms with Crippen molar-refractivity contribution in [2.45, 2.75) is 51.2 Å². The molecule has 1 aromatic carbocycles. The van der Waals surface area contributed by atoms with Crippen LogP contribution in [0.5, 0.6) is 5.75 Å². The molecule has 1 N–H and O–H groups in total. The molecule has 1 unspecified atom stereocenters. The number of hydrogen-bond acceptors (Lipinski definition) is 5. The van der Waals surface area contributed by atoms with Gasteiger partial charge in [0.15, 0.2) is 0 Å². The average molecular weight is 329 g/mol. The Bertz CT molecular complexity index is 677. The predicted molar refractivity (Wildman–Crippen MR) is 88.9 cm³/mol. The van der Waals surface area contributed by atoms with Crippen molar-refractivity contribution in [1.82, 2.24) is 15.0 Å². The Balaban J connectivity index is 1.43. The summed E-state index contributed by atoms with van der Waals surface area (Å²) in [5.41, 5.74) is 2.12. The van der Waals surface area contributed by atoms with E-state index in [1.807, 2.05) is 30.5 Å². The summed E-state index contributed by atoms with van der Waals surface area (Å²) in [5.74, 6) is 1.46. The van der Waals surface area contributed by atoms with Crippen LogP contribution < -0.4 is 4.74 Å². The molecule has 0 amide bonds. The van der Waals surface area contributed by atoms with Gasteiger partial charge in [0.2, 0.25) is 0 Å². The van der Waals surface area contributed by atoms with Gasteiger partial charge in [0.25, 0.3) is 0 Å². The van der Waals surface area contributed by atoms with Gasteiger partial charge in [-0.3, -0.25) is 0 Å². The van der Waals surface area contributed by atoms with Crippen LogP contribution in [0.3, 0.4) is 0 Å². The Morgan fingerprint density at radius 1 is 1.38 bits per heavy atom. The van der Waals surface area contributed by atoms with Crippen LogP contribution in [0.15, 0.2) is 30.5 Å². The molecule has 1 aliphatic rings. The number of carbonyl (C=O) groups excluding carboxylic acids is 1. The third-order valence-corrected chi connectivity index (χ3v) is 4.08. The lowest BCUT2D eigenvalue weighted by atomic mass is 10.1. The molecule has 128 valence electrons. The molecule has 0 radical (unpaired) electrons. The number of hydrogen-bond donors (Lipinski definition) is 1. The van der Waals surface area contributed by atoms with Crippen LogP contribution in [0.4, 0.5) is 0 Å². The fourth-order valence-electron chi connectivity index (χ4n) is 2.50. The van der Waals surface area contributed by atoms with Gasteiger partial charge < -0.3 is 14.6 Å². The summed E-state index contributed by atoms with van der Waals surface area (Å²) in [6.45, 7) is 2.17. The van der Waals surface area contributed by atoms with E-state index in [2.05, 4.69) is 10.3 Å². The summed E-state index contributed by atoms with van der Waals surface area (Å²) < 4.78 is 7.28. The third kappa shape index (κ3) is 4.89. The zero-order valence-corrected chi connectivity index (χ0v) is 13.9. The van der Waals surface area contributed by atoms with Crippen molar-refractivity contribution in [2.75, 3.05) is 6.61 Å². The summed E-state index contributed by atoms with van der Waals surface area (Å²) in [5, 5.41) is 18.2. The molecule has 1 saturated carbocycles. The highest BCUT2D eigenvalue weighted by Gasteiger charge is 2.26. The molecule has 3 rings (SSSR count). The van der Waals surface area contributed by atoms with Gasteiger partial charge in [0.05, 0.1) is 12.2 Å². The van der Waals surface area contributed by atoms with Crippen LogP contribution >= 0.6 is 0 Å². The standard InChI is InChI=1S/C18H23N3O3/c1-13(22)2-3-14-4-8-17(9-5-14)24-12-16(23)10-21-11-18(19-20-21)15-6-7-15/h4-5,8-9,11,15-16,23H,2-3,6-7,10,12H2,1H3. The second-order valence-electron chi connectivity index (χ2n) is 6.45. The van der Waals surface area contributed by atoms with Crippen molar-refractivity contribution in [1.29, 1.82) is 0 Å². The SMILES string of the molecule is CC(=O)CCc1ccc(OCC(O)Cn2cc(C3CC3)nn2)cc1. The Labute approximate surface area is 141 Å². The molecule has 0 spiro atoms. The first-order valence-corrected chi connectivity index (χ1v) is 8.39. The van der Waals surface area contributed by atoms with Gasteiger partial charge >= 0.3 is 0 Å². The van der Waals surface area contributed by atoms with Gasteiger partial charge in [-0.1, -0.05) is 17.3 Å². The summed E-state index contributed by atoms with van der Waals surface area (Å²) >= 11 is 0. The van der Waals surface area contributed by atoms with Crippen LogP contribution in [-0.4, -0.2) is 38.6 Å². The number of benzene rings is 1. The molecule has 1 fully saturated rings. The molecule has 1 aliphatic carbocycles. The lowest BCUT2D eigenvalue weighted by Crippen LogP contribution is -2.23. The maximum absolute atomic E-state index is 11.0. The number of ketones is 1. The van der Waals surface area contributed by atoms with Gasteiger partial charge in [0.1, 0.15) is 24.2 Å². The average Bonchev–Trinajstić information content (AvgIpc) is 3.32. The zero-order chi connectivity index (χ0) is 16.9. The molecule has 6 nitrogen and oxygen atoms in total. The van der Waals surface area contributed by atoms with Gasteiger partial charge in [-0.05, 0) is 43.9 Å². The number of aliphatic hydroxyl groups is 1. The van der Waals surface area contributed by atoms with E-state index in [4.69, 9.17) is 4.74 Å². The Morgan fingerprint density at radius 3 is 2.79 bits per heavy atom. The summed E-state index contributed by atoms with van der Waals surface area (Å²) in [6, 6.07) is 7.62. The molecule has 0 aliphatic heterocycles. The number of Topliss-reactive ketones (excluding diaryl/α,β-unsaturated/α-hetero) is 1. The Kier molecular flexibility index (Phi) is 5.25. The predicted octanol–water partition coefficient (Wildman–Crippen LogP) is 2.12. The minimum Gasteiger partial charge on any atom is -0.491 e. The largest absolute Gasteiger partial charge is 0.491 e. The number of rotatable bonds is 9. The lowest BCUT2D eigenvalue weighted by Gasteiger charge is -2.12. The molecule has 1 heterocycles. The van der Waals surface area contributed by atoms with E-state index in [9.17, 15) is 9.90 Å². The molecular weight excluding hydrogens is 306 g/mol. The number of ether oxygens (including phenoxy) is 1. The highest BCUT2D eigenvalue weighted by Crippen LogP contribution is 2.38. The van der Waals surface area contributed by atoms with Crippen molar-refractivity contribution < 1.29 is 14.6 Å². The number of carbonyl (C=O) groups is 1. The van der Waals surface area contributed by atoms with Crippen molar-refractivity contribution in [2.24, 2.45) is 0 Å². The second kappa shape index (κ2) is 7.57. The minimum absolute atomic E-state index is 0.191. The molecule has 24 heavy (non-hydrogen) atoms. The van der Waals surface area contributed by atoms with Gasteiger partial charge in [0, 0.05) is 18.5 Å². The smallest absolute Gasteiger partial charge is 0.130 e. The van der Waals surface area contributed by atoms with E-state index in [0.29, 0.717) is 24.6 Å². The highest BCUT2D eigenvalue weighted by atomic mass is 16.5. The monoisotopic (exact) mass is 329 g/mol. The zero-order valence-electron chi connectivity index (χ0n) is 13.9. The fourth-order valence-corrected chi connectivity index (χ4v) is 2.50. The van der Waals surface area contributed by atoms with Crippen molar-refractivity contribution in [3.05, 3.63) is 41.7 Å². The van der Waals surface area contributed by atoms with Crippen LogP contribution in [0, 0.1) is 0 Å². The quantitative estimate of drug-likeness (QED) is 0.762. The van der Waals surface area contributed by atoms with Crippen LogP contribution in [0.25, 0.3) is 0 Å². The number of aliphatic hydroxyl groups excluding tert-OH is 1. The third-order valence-electron chi connectivity index (χ3n) is 4.08. The van der Waals surface area contributed by atoms with Crippen molar-refractivity contribution >= 4 is 5.78 Å². The first kappa shape index (κ1) is 16.6. The van der Waals surface area contributed by atoms with E-state index >= 15 is 0 Å². The number of aromatic nitrogens is 3. The maximum Gasteiger partial charge on any atom is 0.130 e. The summed E-state index contributed by atoms with van der Waals surface area (Å²) in [6.07, 6.45) is 4.94. The first-order chi connectivity index (χ1) is 11.6. The van der Waals surface area contributed by atoms with E-state index < -0.39 is 6.10 Å². The molecular formula is C18H23N3O3. The van der Waals surface area contributed by atoms with Crippen LogP contribution in [0.1, 0.15) is 43.4 Å². The Morgan fingerprint density at radius 2 is 2.12 bits per heavy atom. The lowest BCUT2D eigenvalue weighted by molar-refractivity contribution is -0.116. The van der Waals surface area contributed by atoms with Gasteiger partial charge in [-0.2, -0.15) is 0 Å². The summed E-state index contributed by atoms with van der Waals surface area (Å²) in [7, 11) is 0. The normalized spacial score (nSPS) is 15.2. The van der Waals surface area contributed by atoms with Crippen LogP contribution in [-0.2, 0) is 17.8 Å². The molecule has 1 aromatic heterocycles. The van der Waals surface area contributed by atoms with E-state index in [-0.39, 0.29) is 12.4 Å². The van der Waals surface area contributed by atoms with E-state index in [1.165, 1.54) is 12.8 Å².